The van der Waals surface area contributed by atoms with Crippen molar-refractivity contribution in [2.45, 2.75) is 54.6 Å². The number of likely N-dealkylation sites (tertiary alicyclic amines) is 1. The van der Waals surface area contributed by atoms with Crippen LogP contribution in [0.15, 0.2) is 46.2 Å². The van der Waals surface area contributed by atoms with Gasteiger partial charge in [0.05, 0.1) is 16.3 Å². The summed E-state index contributed by atoms with van der Waals surface area (Å²) >= 11 is 1.18. The van der Waals surface area contributed by atoms with E-state index in [0.29, 0.717) is 29.4 Å². The molecule has 4 rings (SSSR count). The summed E-state index contributed by atoms with van der Waals surface area (Å²) in [6.07, 6.45) is 4.11. The molecule has 1 atom stereocenters. The predicted molar refractivity (Wildman–Crippen MR) is 126 cm³/mol. The molecule has 0 spiro atoms. The van der Waals surface area contributed by atoms with Crippen LogP contribution in [0.5, 0.6) is 0 Å². The summed E-state index contributed by atoms with van der Waals surface area (Å²) in [4.78, 5) is 28.2. The van der Waals surface area contributed by atoms with Gasteiger partial charge < -0.3 is 10.2 Å². The second-order valence-electron chi connectivity index (χ2n) is 8.31. The number of thioether (sulfide) groups is 1. The molecular weight excluding hydrogens is 446 g/mol. The van der Waals surface area contributed by atoms with Crippen LogP contribution in [0.3, 0.4) is 0 Å². The number of anilines is 2. The van der Waals surface area contributed by atoms with Crippen LogP contribution >= 0.6 is 11.8 Å². The first-order valence-corrected chi connectivity index (χ1v) is 13.1. The van der Waals surface area contributed by atoms with E-state index < -0.39 is 21.2 Å². The van der Waals surface area contributed by atoms with Gasteiger partial charge in [0.25, 0.3) is 10.0 Å². The SMILES string of the molecule is Cc1ccc(NS(=O)(=O)c2ccc3c(c2)NC(=O)[C@H](C(=O)N2CCCCCC2)S3)c(C)c1. The van der Waals surface area contributed by atoms with Gasteiger partial charge in [0, 0.05) is 18.0 Å². The summed E-state index contributed by atoms with van der Waals surface area (Å²) in [6, 6.07) is 10.1. The Morgan fingerprint density at radius 3 is 2.47 bits per heavy atom. The van der Waals surface area contributed by atoms with Crippen LogP contribution in [-0.2, 0) is 19.6 Å². The Labute approximate surface area is 193 Å². The second-order valence-corrected chi connectivity index (χ2v) is 11.1. The van der Waals surface area contributed by atoms with E-state index in [0.717, 1.165) is 36.8 Å². The lowest BCUT2D eigenvalue weighted by atomic mass is 10.1. The molecule has 0 bridgehead atoms. The van der Waals surface area contributed by atoms with E-state index in [4.69, 9.17) is 0 Å². The smallest absolute Gasteiger partial charge is 0.261 e. The summed E-state index contributed by atoms with van der Waals surface area (Å²) in [5.74, 6) is -0.582. The van der Waals surface area contributed by atoms with E-state index in [-0.39, 0.29) is 10.8 Å². The number of fused-ring (bicyclic) bond motifs is 1. The highest BCUT2D eigenvalue weighted by Gasteiger charge is 2.36. The van der Waals surface area contributed by atoms with E-state index in [1.54, 1.807) is 17.0 Å². The van der Waals surface area contributed by atoms with Gasteiger partial charge in [0.2, 0.25) is 11.8 Å². The van der Waals surface area contributed by atoms with E-state index >= 15 is 0 Å². The highest BCUT2D eigenvalue weighted by Crippen LogP contribution is 2.38. The van der Waals surface area contributed by atoms with Gasteiger partial charge in [-0.2, -0.15) is 0 Å². The van der Waals surface area contributed by atoms with Crippen LogP contribution in [0.2, 0.25) is 0 Å². The number of nitrogens with one attached hydrogen (secondary N) is 2. The van der Waals surface area contributed by atoms with Crippen LogP contribution in [0, 0.1) is 13.8 Å². The number of hydrogen-bond donors (Lipinski definition) is 2. The molecule has 1 saturated heterocycles. The van der Waals surface area contributed by atoms with Crippen molar-refractivity contribution in [3.63, 3.8) is 0 Å². The van der Waals surface area contributed by atoms with Crippen molar-refractivity contribution in [1.82, 2.24) is 4.90 Å². The molecular formula is C23H27N3O4S2. The van der Waals surface area contributed by atoms with Crippen molar-refractivity contribution in [2.24, 2.45) is 0 Å². The Bertz CT molecular complexity index is 1160. The van der Waals surface area contributed by atoms with Gasteiger partial charge in [0.15, 0.2) is 5.25 Å². The highest BCUT2D eigenvalue weighted by molar-refractivity contribution is 8.01. The summed E-state index contributed by atoms with van der Waals surface area (Å²) in [6.45, 7) is 5.14. The molecule has 1 fully saturated rings. The van der Waals surface area contributed by atoms with Gasteiger partial charge in [0.1, 0.15) is 0 Å². The standard InChI is InChI=1S/C23H27N3O4S2/c1-15-7-9-18(16(2)13-15)25-32(29,30)17-8-10-20-19(14-17)24-22(27)21(31-20)23(28)26-11-5-3-4-6-12-26/h7-10,13-14,21,25H,3-6,11-12H2,1-2H3,(H,24,27)/t21-/m1/s1. The molecule has 2 aliphatic heterocycles. The molecule has 170 valence electrons. The van der Waals surface area contributed by atoms with Crippen molar-refractivity contribution < 1.29 is 18.0 Å². The van der Waals surface area contributed by atoms with Crippen molar-refractivity contribution >= 4 is 45.0 Å². The highest BCUT2D eigenvalue weighted by atomic mass is 32.2. The van der Waals surface area contributed by atoms with Crippen molar-refractivity contribution in [3.8, 4) is 0 Å². The number of carbonyl (C=O) groups is 2. The number of nitrogens with zero attached hydrogens (tertiary/aromatic N) is 1. The lowest BCUT2D eigenvalue weighted by Crippen LogP contribution is -2.45. The summed E-state index contributed by atoms with van der Waals surface area (Å²) in [7, 11) is -3.84. The van der Waals surface area contributed by atoms with Crippen LogP contribution in [0.25, 0.3) is 0 Å². The van der Waals surface area contributed by atoms with Gasteiger partial charge >= 0.3 is 0 Å². The Balaban J connectivity index is 1.53. The fourth-order valence-corrected chi connectivity index (χ4v) is 6.22. The Morgan fingerprint density at radius 2 is 1.78 bits per heavy atom. The quantitative estimate of drug-likeness (QED) is 0.656. The fourth-order valence-electron chi connectivity index (χ4n) is 4.01. The molecule has 2 N–H and O–H groups in total. The Kier molecular flexibility index (Phi) is 6.48. The van der Waals surface area contributed by atoms with E-state index in [1.807, 2.05) is 26.0 Å². The third-order valence-electron chi connectivity index (χ3n) is 5.77. The molecule has 0 radical (unpaired) electrons. The molecule has 2 aromatic carbocycles. The third kappa shape index (κ3) is 4.78. The normalized spacial score (nSPS) is 19.0. The molecule has 9 heteroatoms. The minimum absolute atomic E-state index is 0.0504. The second kappa shape index (κ2) is 9.15. The molecule has 32 heavy (non-hydrogen) atoms. The summed E-state index contributed by atoms with van der Waals surface area (Å²) < 4.78 is 28.5. The number of sulfonamides is 1. The fraction of sp³-hybridized carbons (Fsp3) is 0.391. The Morgan fingerprint density at radius 1 is 1.06 bits per heavy atom. The van der Waals surface area contributed by atoms with Gasteiger partial charge in [-0.1, -0.05) is 30.5 Å². The van der Waals surface area contributed by atoms with Gasteiger partial charge in [-0.3, -0.25) is 14.3 Å². The van der Waals surface area contributed by atoms with Crippen molar-refractivity contribution in [2.75, 3.05) is 23.1 Å². The lowest BCUT2D eigenvalue weighted by molar-refractivity contribution is -0.133. The molecule has 2 amide bonds. The molecule has 7 nitrogen and oxygen atoms in total. The monoisotopic (exact) mass is 473 g/mol. The average molecular weight is 474 g/mol. The molecule has 0 aromatic heterocycles. The van der Waals surface area contributed by atoms with Crippen LogP contribution < -0.4 is 10.0 Å². The molecule has 0 unspecified atom stereocenters. The van der Waals surface area contributed by atoms with Crippen molar-refractivity contribution in [3.05, 3.63) is 47.5 Å². The molecule has 2 aromatic rings. The number of rotatable bonds is 4. The van der Waals surface area contributed by atoms with E-state index in [1.165, 1.54) is 23.9 Å². The summed E-state index contributed by atoms with van der Waals surface area (Å²) in [5, 5.41) is 1.89. The van der Waals surface area contributed by atoms with Gasteiger partial charge in [-0.05, 0) is 56.5 Å². The molecule has 2 heterocycles. The Hall–Kier alpha value is -2.52. The number of aryl methyl sites for hydroxylation is 2. The first kappa shape index (κ1) is 22.7. The predicted octanol–water partition coefficient (Wildman–Crippen LogP) is 3.92. The maximum Gasteiger partial charge on any atom is 0.261 e. The number of hydrogen-bond acceptors (Lipinski definition) is 5. The first-order chi connectivity index (χ1) is 15.2. The number of benzene rings is 2. The van der Waals surface area contributed by atoms with E-state index in [9.17, 15) is 18.0 Å². The maximum atomic E-state index is 12.9. The van der Waals surface area contributed by atoms with E-state index in [2.05, 4.69) is 10.0 Å². The van der Waals surface area contributed by atoms with Crippen LogP contribution in [0.1, 0.15) is 36.8 Å². The zero-order valence-electron chi connectivity index (χ0n) is 18.2. The number of carbonyl (C=O) groups excluding carboxylic acids is 2. The maximum absolute atomic E-state index is 12.9. The summed E-state index contributed by atoms with van der Waals surface area (Å²) in [5.41, 5.74) is 2.78. The van der Waals surface area contributed by atoms with Gasteiger partial charge in [-0.15, -0.1) is 11.8 Å². The molecule has 0 saturated carbocycles. The minimum atomic E-state index is -3.84. The topological polar surface area (TPSA) is 95.6 Å². The molecule has 2 aliphatic rings. The average Bonchev–Trinajstić information content (AvgIpc) is 3.04. The van der Waals surface area contributed by atoms with Gasteiger partial charge in [-0.25, -0.2) is 8.42 Å². The van der Waals surface area contributed by atoms with Crippen LogP contribution in [-0.4, -0.2) is 43.5 Å². The minimum Gasteiger partial charge on any atom is -0.341 e. The molecule has 0 aliphatic carbocycles. The third-order valence-corrected chi connectivity index (χ3v) is 8.39. The lowest BCUT2D eigenvalue weighted by Gasteiger charge is -2.29. The first-order valence-electron chi connectivity index (χ1n) is 10.7. The largest absolute Gasteiger partial charge is 0.341 e. The van der Waals surface area contributed by atoms with Crippen LogP contribution in [0.4, 0.5) is 11.4 Å². The zero-order valence-corrected chi connectivity index (χ0v) is 19.8. The zero-order chi connectivity index (χ0) is 22.9. The number of amides is 2. The van der Waals surface area contributed by atoms with Crippen molar-refractivity contribution in [1.29, 1.82) is 0 Å².